The Bertz CT molecular complexity index is 487. The minimum Gasteiger partial charge on any atom is -0.494 e. The van der Waals surface area contributed by atoms with Gasteiger partial charge in [-0.1, -0.05) is 25.5 Å². The minimum absolute atomic E-state index is 0.129. The highest BCUT2D eigenvalue weighted by Crippen LogP contribution is 2.12. The van der Waals surface area contributed by atoms with Crippen molar-refractivity contribution < 1.29 is 19.4 Å². The quantitative estimate of drug-likeness (QED) is 0.652. The number of carbonyl (C=O) groups is 2. The van der Waals surface area contributed by atoms with Crippen molar-refractivity contribution in [3.05, 3.63) is 29.8 Å². The summed E-state index contributed by atoms with van der Waals surface area (Å²) in [6, 6.07) is 7.75. The summed E-state index contributed by atoms with van der Waals surface area (Å²) in [5.41, 5.74) is 1.13. The van der Waals surface area contributed by atoms with Crippen LogP contribution < -0.4 is 10.1 Å². The van der Waals surface area contributed by atoms with Crippen LogP contribution >= 0.6 is 0 Å². The summed E-state index contributed by atoms with van der Waals surface area (Å²) in [6.07, 6.45) is 2.30. The van der Waals surface area contributed by atoms with Crippen molar-refractivity contribution in [2.75, 3.05) is 13.2 Å². The van der Waals surface area contributed by atoms with Gasteiger partial charge in [-0.15, -0.1) is 0 Å². The number of aliphatic carboxylic acids is 1. The van der Waals surface area contributed by atoms with Gasteiger partial charge in [-0.3, -0.25) is 9.59 Å². The normalized spacial score (nSPS) is 11.7. The van der Waals surface area contributed by atoms with E-state index in [0.29, 0.717) is 25.9 Å². The number of carboxylic acid groups (broad SMARTS) is 1. The number of benzene rings is 1. The molecule has 1 aromatic carbocycles. The maximum absolute atomic E-state index is 11.7. The molecule has 5 nitrogen and oxygen atoms in total. The summed E-state index contributed by atoms with van der Waals surface area (Å²) in [6.45, 7) is 4.59. The molecule has 2 N–H and O–H groups in total. The first-order valence-corrected chi connectivity index (χ1v) is 7.72. The van der Waals surface area contributed by atoms with E-state index in [0.717, 1.165) is 17.7 Å². The molecule has 122 valence electrons. The molecular weight excluding hydrogens is 282 g/mol. The Kier molecular flexibility index (Phi) is 8.04. The van der Waals surface area contributed by atoms with Gasteiger partial charge < -0.3 is 15.2 Å². The average molecular weight is 307 g/mol. The molecule has 0 fully saturated rings. The number of amides is 1. The smallest absolute Gasteiger partial charge is 0.308 e. The van der Waals surface area contributed by atoms with Crippen LogP contribution in [0, 0.1) is 12.8 Å². The molecule has 0 aliphatic carbocycles. The molecule has 0 aliphatic rings. The van der Waals surface area contributed by atoms with Crippen molar-refractivity contribution in [1.29, 1.82) is 0 Å². The van der Waals surface area contributed by atoms with Crippen molar-refractivity contribution in [2.45, 2.75) is 39.5 Å². The topological polar surface area (TPSA) is 75.6 Å². The third-order valence-corrected chi connectivity index (χ3v) is 3.34. The average Bonchev–Trinajstić information content (AvgIpc) is 2.47. The fourth-order valence-electron chi connectivity index (χ4n) is 2.11. The largest absolute Gasteiger partial charge is 0.494 e. The standard InChI is InChI=1S/C17H25NO4/c1-3-6-14(17(20)21)12-18-16(19)9-5-10-22-15-8-4-7-13(2)11-15/h4,7-8,11,14H,3,5-6,9-10,12H2,1-2H3,(H,18,19)(H,20,21). The molecule has 1 atom stereocenters. The Morgan fingerprint density at radius 1 is 1.36 bits per heavy atom. The molecule has 0 radical (unpaired) electrons. The fourth-order valence-corrected chi connectivity index (χ4v) is 2.11. The molecule has 0 bridgehead atoms. The summed E-state index contributed by atoms with van der Waals surface area (Å²) < 4.78 is 5.57. The van der Waals surface area contributed by atoms with E-state index in [2.05, 4.69) is 5.32 Å². The number of carbonyl (C=O) groups excluding carboxylic acids is 1. The van der Waals surface area contributed by atoms with Gasteiger partial charge in [0.25, 0.3) is 0 Å². The van der Waals surface area contributed by atoms with Crippen LogP contribution in [0.1, 0.15) is 38.2 Å². The lowest BCUT2D eigenvalue weighted by atomic mass is 10.0. The van der Waals surface area contributed by atoms with Gasteiger partial charge >= 0.3 is 5.97 Å². The van der Waals surface area contributed by atoms with Gasteiger partial charge in [-0.2, -0.15) is 0 Å². The molecule has 0 heterocycles. The number of rotatable bonds is 10. The molecule has 1 aromatic rings. The highest BCUT2D eigenvalue weighted by Gasteiger charge is 2.16. The zero-order chi connectivity index (χ0) is 16.4. The van der Waals surface area contributed by atoms with Gasteiger partial charge in [0.1, 0.15) is 5.75 Å². The van der Waals surface area contributed by atoms with E-state index >= 15 is 0 Å². The molecule has 0 saturated heterocycles. The molecule has 0 saturated carbocycles. The van der Waals surface area contributed by atoms with E-state index in [1.54, 1.807) is 0 Å². The van der Waals surface area contributed by atoms with Crippen LogP contribution in [0.4, 0.5) is 0 Å². The predicted molar refractivity (Wildman–Crippen MR) is 85.0 cm³/mol. The van der Waals surface area contributed by atoms with Crippen LogP contribution in [0.5, 0.6) is 5.75 Å². The number of hydrogen-bond acceptors (Lipinski definition) is 3. The van der Waals surface area contributed by atoms with Gasteiger partial charge in [-0.05, 0) is 37.5 Å². The van der Waals surface area contributed by atoms with E-state index in [-0.39, 0.29) is 12.5 Å². The summed E-state index contributed by atoms with van der Waals surface area (Å²) in [7, 11) is 0. The highest BCUT2D eigenvalue weighted by atomic mass is 16.5. The van der Waals surface area contributed by atoms with Crippen LogP contribution in [0.3, 0.4) is 0 Å². The Hall–Kier alpha value is -2.04. The monoisotopic (exact) mass is 307 g/mol. The van der Waals surface area contributed by atoms with Crippen molar-refractivity contribution in [3.8, 4) is 5.75 Å². The Morgan fingerprint density at radius 3 is 2.77 bits per heavy atom. The highest BCUT2D eigenvalue weighted by molar-refractivity contribution is 5.77. The number of carboxylic acids is 1. The van der Waals surface area contributed by atoms with Crippen LogP contribution in [-0.2, 0) is 9.59 Å². The first-order valence-electron chi connectivity index (χ1n) is 7.72. The van der Waals surface area contributed by atoms with Gasteiger partial charge in [0.2, 0.25) is 5.91 Å². The molecule has 0 aliphatic heterocycles. The molecule has 1 rings (SSSR count). The van der Waals surface area contributed by atoms with E-state index in [1.807, 2.05) is 38.1 Å². The van der Waals surface area contributed by atoms with Crippen LogP contribution in [0.25, 0.3) is 0 Å². The minimum atomic E-state index is -0.857. The van der Waals surface area contributed by atoms with Crippen LogP contribution in [-0.4, -0.2) is 30.1 Å². The number of hydrogen-bond donors (Lipinski definition) is 2. The second-order valence-electron chi connectivity index (χ2n) is 5.40. The summed E-state index contributed by atoms with van der Waals surface area (Å²) >= 11 is 0. The first kappa shape index (κ1) is 18.0. The van der Waals surface area contributed by atoms with Crippen LogP contribution in [0.2, 0.25) is 0 Å². The maximum atomic E-state index is 11.7. The molecule has 5 heteroatoms. The Labute approximate surface area is 131 Å². The molecule has 22 heavy (non-hydrogen) atoms. The molecule has 0 aromatic heterocycles. The molecule has 0 spiro atoms. The van der Waals surface area contributed by atoms with E-state index in [4.69, 9.17) is 9.84 Å². The zero-order valence-corrected chi connectivity index (χ0v) is 13.3. The summed E-state index contributed by atoms with van der Waals surface area (Å²) in [5, 5.41) is 11.7. The number of nitrogens with one attached hydrogen (secondary N) is 1. The summed E-state index contributed by atoms with van der Waals surface area (Å²) in [5.74, 6) is -0.688. The third-order valence-electron chi connectivity index (χ3n) is 3.34. The van der Waals surface area contributed by atoms with Gasteiger partial charge in [0.05, 0.1) is 12.5 Å². The molecule has 1 amide bonds. The molecule has 1 unspecified atom stereocenters. The fraction of sp³-hybridized carbons (Fsp3) is 0.529. The van der Waals surface area contributed by atoms with Crippen molar-refractivity contribution in [2.24, 2.45) is 5.92 Å². The van der Waals surface area contributed by atoms with Gasteiger partial charge in [0.15, 0.2) is 0 Å². The lowest BCUT2D eigenvalue weighted by Gasteiger charge is -2.12. The van der Waals surface area contributed by atoms with E-state index in [9.17, 15) is 9.59 Å². The van der Waals surface area contributed by atoms with Crippen molar-refractivity contribution in [3.63, 3.8) is 0 Å². The lowest BCUT2D eigenvalue weighted by Crippen LogP contribution is -2.32. The van der Waals surface area contributed by atoms with Gasteiger partial charge in [-0.25, -0.2) is 0 Å². The van der Waals surface area contributed by atoms with E-state index in [1.165, 1.54) is 0 Å². The van der Waals surface area contributed by atoms with Crippen molar-refractivity contribution in [1.82, 2.24) is 5.32 Å². The second-order valence-corrected chi connectivity index (χ2v) is 5.40. The first-order chi connectivity index (χ1) is 10.5. The Morgan fingerprint density at radius 2 is 2.14 bits per heavy atom. The number of ether oxygens (including phenoxy) is 1. The maximum Gasteiger partial charge on any atom is 0.308 e. The van der Waals surface area contributed by atoms with Crippen LogP contribution in [0.15, 0.2) is 24.3 Å². The lowest BCUT2D eigenvalue weighted by molar-refractivity contribution is -0.141. The predicted octanol–water partition coefficient (Wildman–Crippen LogP) is 2.77. The van der Waals surface area contributed by atoms with E-state index < -0.39 is 11.9 Å². The Balaban J connectivity index is 2.19. The zero-order valence-electron chi connectivity index (χ0n) is 13.3. The molecular formula is C17H25NO4. The third kappa shape index (κ3) is 7.11. The summed E-state index contributed by atoms with van der Waals surface area (Å²) in [4.78, 5) is 22.7. The van der Waals surface area contributed by atoms with Gasteiger partial charge in [0, 0.05) is 13.0 Å². The SMILES string of the molecule is CCCC(CNC(=O)CCCOc1cccc(C)c1)C(=O)O. The number of aryl methyl sites for hydroxylation is 1. The second kappa shape index (κ2) is 9.82. The van der Waals surface area contributed by atoms with Crippen molar-refractivity contribution >= 4 is 11.9 Å².